The van der Waals surface area contributed by atoms with Gasteiger partial charge in [-0.2, -0.15) is 0 Å². The molecular formula is C22H18N2O2S. The SMILES string of the molecule is Cc1cccc2sc(N(Cc3ccccc3)C(=O)/C=C/c3ccco3)nc12. The average molecular weight is 374 g/mol. The molecule has 4 aromatic rings. The standard InChI is InChI=1S/C22H18N2O2S/c1-16-7-5-11-19-21(16)23-22(27-19)24(15-17-8-3-2-4-9-17)20(25)13-12-18-10-6-14-26-18/h2-14H,15H2,1H3/b13-12+. The Labute approximate surface area is 161 Å². The topological polar surface area (TPSA) is 46.3 Å². The summed E-state index contributed by atoms with van der Waals surface area (Å²) in [6.07, 6.45) is 4.79. The summed E-state index contributed by atoms with van der Waals surface area (Å²) in [6.45, 7) is 2.49. The molecule has 0 aliphatic heterocycles. The molecule has 2 aromatic carbocycles. The predicted octanol–water partition coefficient (Wildman–Crippen LogP) is 5.44. The number of anilines is 1. The first-order valence-electron chi connectivity index (χ1n) is 8.64. The second kappa shape index (κ2) is 7.60. The van der Waals surface area contributed by atoms with Gasteiger partial charge in [0, 0.05) is 6.08 Å². The molecule has 0 saturated heterocycles. The summed E-state index contributed by atoms with van der Waals surface area (Å²) in [7, 11) is 0. The van der Waals surface area contributed by atoms with E-state index in [-0.39, 0.29) is 5.91 Å². The van der Waals surface area contributed by atoms with Crippen molar-refractivity contribution in [3.05, 3.63) is 89.9 Å². The first-order valence-corrected chi connectivity index (χ1v) is 9.45. The maximum absolute atomic E-state index is 13.0. The lowest BCUT2D eigenvalue weighted by Gasteiger charge is -2.18. The minimum absolute atomic E-state index is 0.132. The van der Waals surface area contributed by atoms with Crippen molar-refractivity contribution in [2.45, 2.75) is 13.5 Å². The van der Waals surface area contributed by atoms with Crippen LogP contribution in [-0.2, 0) is 11.3 Å². The second-order valence-electron chi connectivity index (χ2n) is 6.18. The number of benzene rings is 2. The van der Waals surface area contributed by atoms with Gasteiger partial charge in [0.15, 0.2) is 5.13 Å². The number of aryl methyl sites for hydroxylation is 1. The van der Waals surface area contributed by atoms with Crippen LogP contribution in [-0.4, -0.2) is 10.9 Å². The maximum atomic E-state index is 13.0. The molecule has 0 fully saturated rings. The first kappa shape index (κ1) is 17.2. The van der Waals surface area contributed by atoms with E-state index in [4.69, 9.17) is 9.40 Å². The van der Waals surface area contributed by atoms with Crippen molar-refractivity contribution < 1.29 is 9.21 Å². The summed E-state index contributed by atoms with van der Waals surface area (Å²) >= 11 is 1.53. The molecule has 0 saturated carbocycles. The van der Waals surface area contributed by atoms with Crippen LogP contribution >= 0.6 is 11.3 Å². The number of furan rings is 1. The van der Waals surface area contributed by atoms with Gasteiger partial charge in [-0.25, -0.2) is 4.98 Å². The van der Waals surface area contributed by atoms with Crippen molar-refractivity contribution in [3.63, 3.8) is 0 Å². The number of carbonyl (C=O) groups is 1. The zero-order valence-corrected chi connectivity index (χ0v) is 15.6. The Balaban J connectivity index is 1.70. The minimum atomic E-state index is -0.132. The number of carbonyl (C=O) groups excluding carboxylic acids is 1. The van der Waals surface area contributed by atoms with E-state index in [0.29, 0.717) is 17.4 Å². The van der Waals surface area contributed by atoms with Crippen LogP contribution in [0.3, 0.4) is 0 Å². The molecule has 0 unspecified atom stereocenters. The molecule has 0 aliphatic rings. The van der Waals surface area contributed by atoms with E-state index in [1.165, 1.54) is 17.4 Å². The second-order valence-corrected chi connectivity index (χ2v) is 7.19. The largest absolute Gasteiger partial charge is 0.465 e. The van der Waals surface area contributed by atoms with E-state index in [0.717, 1.165) is 21.3 Å². The van der Waals surface area contributed by atoms with Gasteiger partial charge in [0.25, 0.3) is 5.91 Å². The smallest absolute Gasteiger partial charge is 0.253 e. The van der Waals surface area contributed by atoms with Crippen molar-refractivity contribution in [1.82, 2.24) is 4.98 Å². The zero-order chi connectivity index (χ0) is 18.6. The average Bonchev–Trinajstić information content (AvgIpc) is 3.35. The van der Waals surface area contributed by atoms with Crippen LogP contribution in [0.1, 0.15) is 16.9 Å². The van der Waals surface area contributed by atoms with Crippen LogP contribution in [0.25, 0.3) is 16.3 Å². The summed E-state index contributed by atoms with van der Waals surface area (Å²) in [6, 6.07) is 19.6. The number of thiazole rings is 1. The molecule has 0 aliphatic carbocycles. The number of amides is 1. The summed E-state index contributed by atoms with van der Waals surface area (Å²) in [5, 5.41) is 0.692. The fraction of sp³-hybridized carbons (Fsp3) is 0.0909. The van der Waals surface area contributed by atoms with Crippen molar-refractivity contribution in [2.24, 2.45) is 0 Å². The highest BCUT2D eigenvalue weighted by Gasteiger charge is 2.19. The summed E-state index contributed by atoms with van der Waals surface area (Å²) in [5.74, 6) is 0.509. The third kappa shape index (κ3) is 3.83. The molecule has 0 spiro atoms. The fourth-order valence-corrected chi connectivity index (χ4v) is 3.87. The Hall–Kier alpha value is -3.18. The molecule has 134 valence electrons. The van der Waals surface area contributed by atoms with E-state index in [1.807, 2.05) is 61.5 Å². The lowest BCUT2D eigenvalue weighted by atomic mass is 10.2. The Morgan fingerprint density at radius 2 is 1.96 bits per heavy atom. The van der Waals surface area contributed by atoms with E-state index in [9.17, 15) is 4.79 Å². The number of aromatic nitrogens is 1. The fourth-order valence-electron chi connectivity index (χ4n) is 2.83. The molecule has 5 heteroatoms. The molecule has 2 heterocycles. The molecule has 2 aromatic heterocycles. The number of fused-ring (bicyclic) bond motifs is 1. The Morgan fingerprint density at radius 3 is 2.70 bits per heavy atom. The van der Waals surface area contributed by atoms with Gasteiger partial charge in [0.05, 0.1) is 23.0 Å². The van der Waals surface area contributed by atoms with Gasteiger partial charge in [0.2, 0.25) is 0 Å². The van der Waals surface area contributed by atoms with Crippen LogP contribution in [0.15, 0.2) is 77.4 Å². The normalized spacial score (nSPS) is 11.3. The van der Waals surface area contributed by atoms with Gasteiger partial charge in [0.1, 0.15) is 5.76 Å². The molecule has 0 radical (unpaired) electrons. The third-order valence-corrected chi connectivity index (χ3v) is 5.27. The Kier molecular flexibility index (Phi) is 4.85. The van der Waals surface area contributed by atoms with Gasteiger partial charge < -0.3 is 4.42 Å². The highest BCUT2D eigenvalue weighted by Crippen LogP contribution is 2.31. The minimum Gasteiger partial charge on any atom is -0.465 e. The van der Waals surface area contributed by atoms with Crippen molar-refractivity contribution >= 4 is 38.7 Å². The van der Waals surface area contributed by atoms with Crippen LogP contribution in [0, 0.1) is 6.92 Å². The van der Waals surface area contributed by atoms with Crippen LogP contribution in [0.5, 0.6) is 0 Å². The van der Waals surface area contributed by atoms with E-state index in [1.54, 1.807) is 23.3 Å². The van der Waals surface area contributed by atoms with E-state index < -0.39 is 0 Å². The molecule has 27 heavy (non-hydrogen) atoms. The molecule has 0 atom stereocenters. The number of hydrogen-bond donors (Lipinski definition) is 0. The van der Waals surface area contributed by atoms with E-state index >= 15 is 0 Å². The Bertz CT molecular complexity index is 1080. The Morgan fingerprint density at radius 1 is 1.11 bits per heavy atom. The van der Waals surface area contributed by atoms with Crippen LogP contribution in [0.2, 0.25) is 0 Å². The number of rotatable bonds is 5. The highest BCUT2D eigenvalue weighted by atomic mass is 32.1. The molecule has 4 nitrogen and oxygen atoms in total. The van der Waals surface area contributed by atoms with E-state index in [2.05, 4.69) is 0 Å². The molecule has 4 rings (SSSR count). The quantitative estimate of drug-likeness (QED) is 0.437. The first-order chi connectivity index (χ1) is 13.2. The molecule has 0 bridgehead atoms. The summed E-state index contributed by atoms with van der Waals surface area (Å²) < 4.78 is 6.36. The maximum Gasteiger partial charge on any atom is 0.253 e. The lowest BCUT2D eigenvalue weighted by molar-refractivity contribution is -0.114. The van der Waals surface area contributed by atoms with Gasteiger partial charge in [-0.1, -0.05) is 53.8 Å². The lowest BCUT2D eigenvalue weighted by Crippen LogP contribution is -2.28. The van der Waals surface area contributed by atoms with Crippen molar-refractivity contribution in [3.8, 4) is 0 Å². The van der Waals surface area contributed by atoms with Crippen molar-refractivity contribution in [2.75, 3.05) is 4.90 Å². The number of hydrogen-bond acceptors (Lipinski definition) is 4. The van der Waals surface area contributed by atoms with Gasteiger partial charge >= 0.3 is 0 Å². The number of para-hydroxylation sites is 1. The molecular weight excluding hydrogens is 356 g/mol. The summed E-state index contributed by atoms with van der Waals surface area (Å²) in [5.41, 5.74) is 3.10. The van der Waals surface area contributed by atoms with Crippen LogP contribution < -0.4 is 4.90 Å². The monoisotopic (exact) mass is 374 g/mol. The predicted molar refractivity (Wildman–Crippen MR) is 110 cm³/mol. The van der Waals surface area contributed by atoms with Crippen LogP contribution in [0.4, 0.5) is 5.13 Å². The third-order valence-electron chi connectivity index (χ3n) is 4.22. The molecule has 1 amide bonds. The van der Waals surface area contributed by atoms with Gasteiger partial charge in [-0.05, 0) is 42.3 Å². The molecule has 0 N–H and O–H groups in total. The van der Waals surface area contributed by atoms with Crippen molar-refractivity contribution in [1.29, 1.82) is 0 Å². The van der Waals surface area contributed by atoms with Gasteiger partial charge in [-0.3, -0.25) is 9.69 Å². The summed E-state index contributed by atoms with van der Waals surface area (Å²) in [4.78, 5) is 19.4. The zero-order valence-electron chi connectivity index (χ0n) is 14.8. The van der Waals surface area contributed by atoms with Gasteiger partial charge in [-0.15, -0.1) is 0 Å². The number of nitrogens with zero attached hydrogens (tertiary/aromatic N) is 2. The highest BCUT2D eigenvalue weighted by molar-refractivity contribution is 7.22.